The first-order valence-corrected chi connectivity index (χ1v) is 8.79. The number of benzene rings is 2. The minimum absolute atomic E-state index is 0.132. The first-order chi connectivity index (χ1) is 12.5. The predicted octanol–water partition coefficient (Wildman–Crippen LogP) is 3.22. The van der Waals surface area contributed by atoms with Gasteiger partial charge in [-0.15, -0.1) is 0 Å². The summed E-state index contributed by atoms with van der Waals surface area (Å²) in [6.07, 6.45) is 1.83. The monoisotopic (exact) mass is 352 g/mol. The van der Waals surface area contributed by atoms with Crippen molar-refractivity contribution >= 4 is 22.5 Å². The molecular formula is C20H21FN4O. The molecule has 3 aromatic rings. The molecule has 0 saturated carbocycles. The Labute approximate surface area is 151 Å². The van der Waals surface area contributed by atoms with Crippen LogP contribution in [0.5, 0.6) is 0 Å². The summed E-state index contributed by atoms with van der Waals surface area (Å²) in [6, 6.07) is 12.8. The van der Waals surface area contributed by atoms with Gasteiger partial charge in [-0.2, -0.15) is 5.10 Å². The summed E-state index contributed by atoms with van der Waals surface area (Å²) in [5.74, 6) is -0.126. The molecule has 1 amide bonds. The van der Waals surface area contributed by atoms with E-state index in [9.17, 15) is 9.18 Å². The molecule has 2 heterocycles. The maximum absolute atomic E-state index is 13.2. The Morgan fingerprint density at radius 2 is 1.85 bits per heavy atom. The number of rotatable bonds is 2. The zero-order chi connectivity index (χ0) is 18.3. The highest BCUT2D eigenvalue weighted by Gasteiger charge is 2.25. The van der Waals surface area contributed by atoms with Gasteiger partial charge in [0.15, 0.2) is 0 Å². The van der Waals surface area contributed by atoms with E-state index in [1.54, 1.807) is 19.1 Å². The first kappa shape index (κ1) is 16.6. The van der Waals surface area contributed by atoms with Crippen LogP contribution in [0.2, 0.25) is 0 Å². The molecule has 1 atom stereocenters. The van der Waals surface area contributed by atoms with Gasteiger partial charge in [0.2, 0.25) is 5.91 Å². The van der Waals surface area contributed by atoms with Crippen molar-refractivity contribution < 1.29 is 9.18 Å². The number of anilines is 1. The van der Waals surface area contributed by atoms with E-state index < -0.39 is 0 Å². The number of amides is 1. The molecule has 26 heavy (non-hydrogen) atoms. The van der Waals surface area contributed by atoms with Crippen LogP contribution >= 0.6 is 0 Å². The van der Waals surface area contributed by atoms with Gasteiger partial charge in [-0.05, 0) is 49.4 Å². The average Bonchev–Trinajstić information content (AvgIpc) is 3.05. The van der Waals surface area contributed by atoms with Gasteiger partial charge in [-0.3, -0.25) is 4.79 Å². The molecule has 0 spiro atoms. The fraction of sp³-hybridized carbons (Fsp3) is 0.300. The number of hydrogen-bond acceptors (Lipinski definition) is 3. The zero-order valence-corrected chi connectivity index (χ0v) is 14.9. The Hall–Kier alpha value is -2.89. The minimum Gasteiger partial charge on any atom is -0.365 e. The van der Waals surface area contributed by atoms with Crippen LogP contribution in [0, 0.1) is 5.82 Å². The first-order valence-electron chi connectivity index (χ1n) is 8.79. The van der Waals surface area contributed by atoms with E-state index in [1.165, 1.54) is 12.1 Å². The van der Waals surface area contributed by atoms with Crippen LogP contribution in [-0.2, 0) is 4.79 Å². The van der Waals surface area contributed by atoms with Crippen molar-refractivity contribution in [2.45, 2.75) is 19.9 Å². The molecule has 6 heteroatoms. The number of aromatic nitrogens is 2. The van der Waals surface area contributed by atoms with Crippen LogP contribution in [0.15, 0.2) is 48.7 Å². The highest BCUT2D eigenvalue weighted by atomic mass is 19.1. The molecule has 0 radical (unpaired) electrons. The van der Waals surface area contributed by atoms with Crippen molar-refractivity contribution in [3.8, 4) is 5.69 Å². The number of carbonyl (C=O) groups is 1. The van der Waals surface area contributed by atoms with Crippen LogP contribution in [-0.4, -0.2) is 46.3 Å². The number of piperazine rings is 1. The quantitative estimate of drug-likeness (QED) is 0.711. The summed E-state index contributed by atoms with van der Waals surface area (Å²) in [7, 11) is 0. The molecule has 5 nitrogen and oxygen atoms in total. The smallest absolute Gasteiger partial charge is 0.219 e. The van der Waals surface area contributed by atoms with Gasteiger partial charge in [0.1, 0.15) is 5.82 Å². The molecule has 1 aliphatic heterocycles. The largest absolute Gasteiger partial charge is 0.365 e. The molecule has 134 valence electrons. The van der Waals surface area contributed by atoms with Crippen LogP contribution in [0.25, 0.3) is 16.6 Å². The van der Waals surface area contributed by atoms with Crippen molar-refractivity contribution in [2.24, 2.45) is 0 Å². The third-order valence-electron chi connectivity index (χ3n) is 5.03. The molecule has 1 saturated heterocycles. The summed E-state index contributed by atoms with van der Waals surface area (Å²) < 4.78 is 15.0. The molecule has 1 aliphatic rings. The number of hydrogen-bond donors (Lipinski definition) is 0. The van der Waals surface area contributed by atoms with Crippen molar-refractivity contribution in [1.29, 1.82) is 0 Å². The average molecular weight is 352 g/mol. The van der Waals surface area contributed by atoms with Crippen LogP contribution in [0.3, 0.4) is 0 Å². The van der Waals surface area contributed by atoms with E-state index in [1.807, 2.05) is 21.8 Å². The lowest BCUT2D eigenvalue weighted by Crippen LogP contribution is -2.53. The van der Waals surface area contributed by atoms with Crippen LogP contribution < -0.4 is 4.90 Å². The Balaban J connectivity index is 1.63. The van der Waals surface area contributed by atoms with Crippen molar-refractivity contribution in [3.63, 3.8) is 0 Å². The van der Waals surface area contributed by atoms with Crippen molar-refractivity contribution in [2.75, 3.05) is 24.5 Å². The topological polar surface area (TPSA) is 41.4 Å². The predicted molar refractivity (Wildman–Crippen MR) is 100 cm³/mol. The Bertz CT molecular complexity index is 950. The highest BCUT2D eigenvalue weighted by Crippen LogP contribution is 2.27. The molecular weight excluding hydrogens is 331 g/mol. The van der Waals surface area contributed by atoms with Crippen LogP contribution in [0.1, 0.15) is 13.8 Å². The van der Waals surface area contributed by atoms with Gasteiger partial charge in [-0.25, -0.2) is 9.07 Å². The minimum atomic E-state index is -0.258. The summed E-state index contributed by atoms with van der Waals surface area (Å²) in [4.78, 5) is 15.8. The SMILES string of the molecule is CC(=O)N1CCN(c2ccc3c(cnn3-c3ccc(F)cc3)c2)[C@H](C)C1. The highest BCUT2D eigenvalue weighted by molar-refractivity contribution is 5.84. The number of nitrogens with zero attached hydrogens (tertiary/aromatic N) is 4. The number of halogens is 1. The summed E-state index contributed by atoms with van der Waals surface area (Å²) in [6.45, 7) is 6.06. The second-order valence-electron chi connectivity index (χ2n) is 6.78. The molecule has 0 bridgehead atoms. The molecule has 0 unspecified atom stereocenters. The summed E-state index contributed by atoms with van der Waals surface area (Å²) in [5, 5.41) is 5.49. The molecule has 1 fully saturated rings. The van der Waals surface area contributed by atoms with E-state index >= 15 is 0 Å². The van der Waals surface area contributed by atoms with Gasteiger partial charge in [0.25, 0.3) is 0 Å². The van der Waals surface area contributed by atoms with Crippen LogP contribution in [0.4, 0.5) is 10.1 Å². The van der Waals surface area contributed by atoms with E-state index in [0.29, 0.717) is 0 Å². The third kappa shape index (κ3) is 2.92. The molecule has 0 N–H and O–H groups in total. The molecule has 4 rings (SSSR count). The second-order valence-corrected chi connectivity index (χ2v) is 6.78. The van der Waals surface area contributed by atoms with E-state index in [0.717, 1.165) is 41.9 Å². The summed E-state index contributed by atoms with van der Waals surface area (Å²) in [5.41, 5.74) is 2.94. The molecule has 2 aromatic carbocycles. The maximum atomic E-state index is 13.2. The fourth-order valence-corrected chi connectivity index (χ4v) is 3.61. The Kier molecular flexibility index (Phi) is 4.11. The van der Waals surface area contributed by atoms with E-state index in [2.05, 4.69) is 29.1 Å². The second kappa shape index (κ2) is 6.44. The summed E-state index contributed by atoms with van der Waals surface area (Å²) >= 11 is 0. The maximum Gasteiger partial charge on any atom is 0.219 e. The molecule has 1 aromatic heterocycles. The number of fused-ring (bicyclic) bond motifs is 1. The fourth-order valence-electron chi connectivity index (χ4n) is 3.61. The van der Waals surface area contributed by atoms with Gasteiger partial charge in [-0.1, -0.05) is 0 Å². The normalized spacial score (nSPS) is 17.7. The third-order valence-corrected chi connectivity index (χ3v) is 5.03. The van der Waals surface area contributed by atoms with Gasteiger partial charge in [0.05, 0.1) is 17.4 Å². The Morgan fingerprint density at radius 3 is 2.54 bits per heavy atom. The lowest BCUT2D eigenvalue weighted by molar-refractivity contribution is -0.129. The standard InChI is InChI=1S/C20H21FN4O/c1-14-13-23(15(2)26)9-10-24(14)19-7-8-20-16(11-19)12-22-25(20)18-5-3-17(21)4-6-18/h3-8,11-12,14H,9-10,13H2,1-2H3/t14-/m1/s1. The molecule has 0 aliphatic carbocycles. The lowest BCUT2D eigenvalue weighted by atomic mass is 10.1. The number of carbonyl (C=O) groups excluding carboxylic acids is 1. The van der Waals surface area contributed by atoms with Crippen molar-refractivity contribution in [3.05, 3.63) is 54.5 Å². The van der Waals surface area contributed by atoms with Gasteiger partial charge < -0.3 is 9.80 Å². The van der Waals surface area contributed by atoms with E-state index in [4.69, 9.17) is 0 Å². The zero-order valence-electron chi connectivity index (χ0n) is 14.9. The van der Waals surface area contributed by atoms with Crippen molar-refractivity contribution in [1.82, 2.24) is 14.7 Å². The lowest BCUT2D eigenvalue weighted by Gasteiger charge is -2.41. The van der Waals surface area contributed by atoms with Gasteiger partial charge in [0, 0.05) is 43.7 Å². The Morgan fingerprint density at radius 1 is 1.12 bits per heavy atom. The van der Waals surface area contributed by atoms with E-state index in [-0.39, 0.29) is 17.8 Å². The van der Waals surface area contributed by atoms with Gasteiger partial charge >= 0.3 is 0 Å².